The smallest absolute Gasteiger partial charge is 0.231 e. The molecule has 100 valence electrons. The lowest BCUT2D eigenvalue weighted by molar-refractivity contribution is 0.159. The zero-order chi connectivity index (χ0) is 13.0. The minimum absolute atomic E-state index is 0.210. The average Bonchev–Trinajstić information content (AvgIpc) is 2.81. The van der Waals surface area contributed by atoms with Gasteiger partial charge in [0.05, 0.1) is 6.10 Å². The maximum absolute atomic E-state index is 9.45. The summed E-state index contributed by atoms with van der Waals surface area (Å²) in [6, 6.07) is 3.91. The summed E-state index contributed by atoms with van der Waals surface area (Å²) >= 11 is 3.52. The summed E-state index contributed by atoms with van der Waals surface area (Å²) < 4.78 is 11.7. The molecule has 1 aromatic rings. The lowest BCUT2D eigenvalue weighted by Crippen LogP contribution is -2.19. The van der Waals surface area contributed by atoms with Crippen LogP contribution < -0.4 is 14.8 Å². The van der Waals surface area contributed by atoms with Crippen LogP contribution in [0.25, 0.3) is 0 Å². The first-order valence-electron chi connectivity index (χ1n) is 6.17. The van der Waals surface area contributed by atoms with E-state index >= 15 is 0 Å². The zero-order valence-electron chi connectivity index (χ0n) is 10.4. The Morgan fingerprint density at radius 3 is 2.83 bits per heavy atom. The third-order valence-corrected chi connectivity index (χ3v) is 3.72. The van der Waals surface area contributed by atoms with Gasteiger partial charge in [0.1, 0.15) is 0 Å². The molecule has 1 unspecified atom stereocenters. The molecule has 1 atom stereocenters. The molecule has 1 aromatic carbocycles. The van der Waals surface area contributed by atoms with Crippen LogP contribution in [0.4, 0.5) is 0 Å². The quantitative estimate of drug-likeness (QED) is 0.792. The van der Waals surface area contributed by atoms with Crippen molar-refractivity contribution >= 4 is 15.9 Å². The zero-order valence-corrected chi connectivity index (χ0v) is 12.0. The molecule has 0 saturated carbocycles. The Morgan fingerprint density at radius 2 is 2.11 bits per heavy atom. The molecule has 0 radical (unpaired) electrons. The van der Waals surface area contributed by atoms with E-state index in [4.69, 9.17) is 9.47 Å². The van der Waals surface area contributed by atoms with E-state index in [1.54, 1.807) is 0 Å². The van der Waals surface area contributed by atoms with Gasteiger partial charge < -0.3 is 19.9 Å². The van der Waals surface area contributed by atoms with Crippen molar-refractivity contribution in [2.24, 2.45) is 0 Å². The van der Waals surface area contributed by atoms with Crippen molar-refractivity contribution in [1.82, 2.24) is 5.32 Å². The number of benzene rings is 1. The molecule has 0 aromatic heterocycles. The molecule has 0 amide bonds. The van der Waals surface area contributed by atoms with Crippen LogP contribution in [0.15, 0.2) is 16.6 Å². The molecule has 2 N–H and O–H groups in total. The molecule has 0 aliphatic carbocycles. The van der Waals surface area contributed by atoms with Crippen LogP contribution in [-0.4, -0.2) is 24.5 Å². The van der Waals surface area contributed by atoms with Gasteiger partial charge in [-0.1, -0.05) is 22.9 Å². The van der Waals surface area contributed by atoms with E-state index in [1.165, 1.54) is 0 Å². The largest absolute Gasteiger partial charge is 0.454 e. The van der Waals surface area contributed by atoms with Crippen molar-refractivity contribution in [1.29, 1.82) is 0 Å². The second-order valence-corrected chi connectivity index (χ2v) is 5.18. The van der Waals surface area contributed by atoms with E-state index in [2.05, 4.69) is 21.2 Å². The molecule has 0 saturated heterocycles. The van der Waals surface area contributed by atoms with Crippen molar-refractivity contribution in [2.75, 3.05) is 13.3 Å². The van der Waals surface area contributed by atoms with Crippen LogP contribution in [0.2, 0.25) is 0 Å². The lowest BCUT2D eigenvalue weighted by Gasteiger charge is -2.10. The van der Waals surface area contributed by atoms with Crippen LogP contribution in [0.3, 0.4) is 0 Å². The number of aliphatic hydroxyl groups is 1. The maximum atomic E-state index is 9.45. The summed E-state index contributed by atoms with van der Waals surface area (Å²) in [5.41, 5.74) is 1.13. The molecule has 0 bridgehead atoms. The van der Waals surface area contributed by atoms with Crippen molar-refractivity contribution in [3.63, 3.8) is 0 Å². The topological polar surface area (TPSA) is 50.7 Å². The Labute approximate surface area is 115 Å². The summed E-state index contributed by atoms with van der Waals surface area (Å²) in [4.78, 5) is 0. The highest BCUT2D eigenvalue weighted by atomic mass is 79.9. The second-order valence-electron chi connectivity index (χ2n) is 4.32. The van der Waals surface area contributed by atoms with Crippen molar-refractivity contribution in [2.45, 2.75) is 32.4 Å². The van der Waals surface area contributed by atoms with Gasteiger partial charge in [-0.05, 0) is 37.1 Å². The summed E-state index contributed by atoms with van der Waals surface area (Å²) in [7, 11) is 0. The monoisotopic (exact) mass is 315 g/mol. The molecular weight excluding hydrogens is 298 g/mol. The third-order valence-electron chi connectivity index (χ3n) is 2.98. The predicted molar refractivity (Wildman–Crippen MR) is 72.9 cm³/mol. The molecule has 2 rings (SSSR count). The Balaban J connectivity index is 1.86. The van der Waals surface area contributed by atoms with E-state index in [-0.39, 0.29) is 6.10 Å². The molecule has 4 nitrogen and oxygen atoms in total. The SMILES string of the molecule is CCC(O)CCNCc1cc2c(cc1Br)OCO2. The third kappa shape index (κ3) is 3.37. The highest BCUT2D eigenvalue weighted by Crippen LogP contribution is 2.36. The number of aliphatic hydroxyl groups excluding tert-OH is 1. The van der Waals surface area contributed by atoms with Crippen LogP contribution in [-0.2, 0) is 6.54 Å². The molecule has 0 spiro atoms. The number of nitrogens with one attached hydrogen (secondary N) is 1. The van der Waals surface area contributed by atoms with Gasteiger partial charge in [-0.2, -0.15) is 0 Å². The number of hydrogen-bond donors (Lipinski definition) is 2. The summed E-state index contributed by atoms with van der Waals surface area (Å²) in [6.45, 7) is 3.82. The lowest BCUT2D eigenvalue weighted by atomic mass is 10.2. The molecule has 18 heavy (non-hydrogen) atoms. The average molecular weight is 316 g/mol. The molecule has 1 heterocycles. The van der Waals surface area contributed by atoms with E-state index in [1.807, 2.05) is 19.1 Å². The first-order chi connectivity index (χ1) is 8.70. The van der Waals surface area contributed by atoms with Gasteiger partial charge in [-0.3, -0.25) is 0 Å². The van der Waals surface area contributed by atoms with Crippen molar-refractivity contribution in [3.8, 4) is 11.5 Å². The minimum atomic E-state index is -0.210. The minimum Gasteiger partial charge on any atom is -0.454 e. The first kappa shape index (κ1) is 13.6. The van der Waals surface area contributed by atoms with Crippen LogP contribution >= 0.6 is 15.9 Å². The Bertz CT molecular complexity index is 411. The van der Waals surface area contributed by atoms with E-state index in [0.717, 1.165) is 47.5 Å². The van der Waals surface area contributed by atoms with E-state index < -0.39 is 0 Å². The van der Waals surface area contributed by atoms with Gasteiger partial charge in [0.15, 0.2) is 11.5 Å². The maximum Gasteiger partial charge on any atom is 0.231 e. The van der Waals surface area contributed by atoms with E-state index in [0.29, 0.717) is 6.79 Å². The standard InChI is InChI=1S/C13H18BrNO3/c1-2-10(16)3-4-15-7-9-5-12-13(6-11(9)14)18-8-17-12/h5-6,10,15-16H,2-4,7-8H2,1H3. The van der Waals surface area contributed by atoms with Gasteiger partial charge in [0.25, 0.3) is 0 Å². The molecular formula is C13H18BrNO3. The van der Waals surface area contributed by atoms with E-state index in [9.17, 15) is 5.11 Å². The highest BCUT2D eigenvalue weighted by molar-refractivity contribution is 9.10. The second kappa shape index (κ2) is 6.41. The number of fused-ring (bicyclic) bond motifs is 1. The van der Waals surface area contributed by atoms with Gasteiger partial charge in [0.2, 0.25) is 6.79 Å². The van der Waals surface area contributed by atoms with Gasteiger partial charge in [-0.15, -0.1) is 0 Å². The number of ether oxygens (including phenoxy) is 2. The molecule has 0 fully saturated rings. The number of halogens is 1. The van der Waals surface area contributed by atoms with Crippen LogP contribution in [0, 0.1) is 0 Å². The Hall–Kier alpha value is -0.780. The summed E-state index contributed by atoms with van der Waals surface area (Å²) in [6.07, 6.45) is 1.37. The molecule has 1 aliphatic heterocycles. The van der Waals surface area contributed by atoms with Crippen LogP contribution in [0.5, 0.6) is 11.5 Å². The van der Waals surface area contributed by atoms with Crippen molar-refractivity contribution in [3.05, 3.63) is 22.2 Å². The van der Waals surface area contributed by atoms with Gasteiger partial charge in [-0.25, -0.2) is 0 Å². The fraction of sp³-hybridized carbons (Fsp3) is 0.538. The van der Waals surface area contributed by atoms with Gasteiger partial charge >= 0.3 is 0 Å². The summed E-state index contributed by atoms with van der Waals surface area (Å²) in [5.74, 6) is 1.58. The van der Waals surface area contributed by atoms with Crippen LogP contribution in [0.1, 0.15) is 25.3 Å². The fourth-order valence-electron chi connectivity index (χ4n) is 1.79. The first-order valence-corrected chi connectivity index (χ1v) is 6.96. The number of rotatable bonds is 6. The fourth-order valence-corrected chi connectivity index (χ4v) is 2.25. The Morgan fingerprint density at radius 1 is 1.39 bits per heavy atom. The Kier molecular flexibility index (Phi) is 4.86. The molecule has 1 aliphatic rings. The normalized spacial score (nSPS) is 14.8. The van der Waals surface area contributed by atoms with Crippen molar-refractivity contribution < 1.29 is 14.6 Å². The molecule has 5 heteroatoms. The number of hydrogen-bond acceptors (Lipinski definition) is 4. The highest BCUT2D eigenvalue weighted by Gasteiger charge is 2.15. The predicted octanol–water partition coefficient (Wildman–Crippen LogP) is 2.43. The summed E-state index contributed by atoms with van der Waals surface area (Å²) in [5, 5.41) is 12.8. The van der Waals surface area contributed by atoms with Gasteiger partial charge in [0, 0.05) is 11.0 Å².